The van der Waals surface area contributed by atoms with Gasteiger partial charge in [0.2, 0.25) is 0 Å². The molecule has 0 unspecified atom stereocenters. The minimum Gasteiger partial charge on any atom is -0.351 e. The first-order valence-electron chi connectivity index (χ1n) is 8.54. The van der Waals surface area contributed by atoms with Crippen molar-refractivity contribution in [1.82, 2.24) is 15.3 Å². The number of benzene rings is 2. The molecule has 0 saturated carbocycles. The van der Waals surface area contributed by atoms with Crippen LogP contribution in [0.2, 0.25) is 0 Å². The van der Waals surface area contributed by atoms with Gasteiger partial charge in [-0.1, -0.05) is 24.3 Å². The summed E-state index contributed by atoms with van der Waals surface area (Å²) in [6.45, 7) is 0.543. The Hall–Kier alpha value is -2.64. The van der Waals surface area contributed by atoms with Crippen molar-refractivity contribution >= 4 is 38.8 Å². The third-order valence-electron chi connectivity index (χ3n) is 4.03. The van der Waals surface area contributed by atoms with Crippen molar-refractivity contribution in [3.8, 4) is 10.6 Å². The predicted octanol–water partition coefficient (Wildman–Crippen LogP) is 4.92. The number of carbonyl (C=O) groups excluding carboxylic acids is 1. The Balaban J connectivity index is 1.31. The summed E-state index contributed by atoms with van der Waals surface area (Å²) in [5, 5.41) is 6.11. The number of hydrogen-bond acceptors (Lipinski definition) is 5. The lowest BCUT2D eigenvalue weighted by atomic mass is 10.2. The van der Waals surface area contributed by atoms with Crippen molar-refractivity contribution in [2.24, 2.45) is 0 Å². The molecule has 0 saturated heterocycles. The van der Waals surface area contributed by atoms with Crippen LogP contribution in [0.1, 0.15) is 21.9 Å². The summed E-state index contributed by atoms with van der Waals surface area (Å²) in [4.78, 5) is 21.1. The van der Waals surface area contributed by atoms with Gasteiger partial charge in [-0.05, 0) is 30.7 Å². The van der Waals surface area contributed by atoms with Crippen LogP contribution in [0, 0.1) is 5.82 Å². The van der Waals surface area contributed by atoms with Crippen LogP contribution in [0.5, 0.6) is 0 Å². The molecular formula is C20H16FN3OS2. The van der Waals surface area contributed by atoms with Crippen LogP contribution in [0.15, 0.2) is 53.9 Å². The average molecular weight is 398 g/mol. The van der Waals surface area contributed by atoms with E-state index in [1.807, 2.05) is 18.2 Å². The van der Waals surface area contributed by atoms with Gasteiger partial charge in [0, 0.05) is 23.9 Å². The summed E-state index contributed by atoms with van der Waals surface area (Å²) in [6.07, 6.45) is 1.62. The first-order chi connectivity index (χ1) is 13.2. The van der Waals surface area contributed by atoms with E-state index in [9.17, 15) is 9.18 Å². The number of fused-ring (bicyclic) bond motifs is 1. The van der Waals surface area contributed by atoms with Gasteiger partial charge in [0.05, 0.1) is 15.2 Å². The van der Waals surface area contributed by atoms with E-state index in [1.165, 1.54) is 22.1 Å². The zero-order valence-corrected chi connectivity index (χ0v) is 15.9. The molecule has 136 valence electrons. The molecule has 2 heterocycles. The molecule has 0 aliphatic heterocycles. The smallest absolute Gasteiger partial charge is 0.270 e. The number of nitrogens with zero attached hydrogens (tertiary/aromatic N) is 2. The van der Waals surface area contributed by atoms with E-state index < -0.39 is 0 Å². The Morgan fingerprint density at radius 3 is 2.74 bits per heavy atom. The van der Waals surface area contributed by atoms with Crippen molar-refractivity contribution in [1.29, 1.82) is 0 Å². The Morgan fingerprint density at radius 1 is 1.07 bits per heavy atom. The molecule has 1 N–H and O–H groups in total. The molecule has 1 amide bonds. The molecule has 0 aliphatic rings. The molecule has 0 spiro atoms. The Kier molecular flexibility index (Phi) is 5.22. The molecule has 0 aliphatic carbocycles. The fraction of sp³-hybridized carbons (Fsp3) is 0.150. The Labute approximate surface area is 163 Å². The van der Waals surface area contributed by atoms with Crippen LogP contribution in [-0.2, 0) is 6.42 Å². The molecule has 27 heavy (non-hydrogen) atoms. The molecule has 4 aromatic rings. The van der Waals surface area contributed by atoms with E-state index in [0.717, 1.165) is 23.4 Å². The van der Waals surface area contributed by atoms with Gasteiger partial charge in [0.1, 0.15) is 16.5 Å². The third-order valence-corrected chi connectivity index (χ3v) is 6.00. The van der Waals surface area contributed by atoms with Crippen LogP contribution >= 0.6 is 22.7 Å². The quantitative estimate of drug-likeness (QED) is 0.470. The van der Waals surface area contributed by atoms with Crippen molar-refractivity contribution in [3.05, 3.63) is 70.4 Å². The summed E-state index contributed by atoms with van der Waals surface area (Å²) < 4.78 is 15.0. The monoisotopic (exact) mass is 397 g/mol. The van der Waals surface area contributed by atoms with Crippen LogP contribution in [0.3, 0.4) is 0 Å². The molecule has 4 nitrogen and oxygen atoms in total. The maximum Gasteiger partial charge on any atom is 0.270 e. The summed E-state index contributed by atoms with van der Waals surface area (Å²) in [5.41, 5.74) is 1.75. The number of thiazole rings is 2. The van der Waals surface area contributed by atoms with Crippen molar-refractivity contribution < 1.29 is 9.18 Å². The maximum absolute atomic E-state index is 13.8. The lowest BCUT2D eigenvalue weighted by Gasteiger charge is -2.02. The zero-order valence-electron chi connectivity index (χ0n) is 14.3. The third kappa shape index (κ3) is 4.04. The number of aryl methyl sites for hydroxylation is 1. The van der Waals surface area contributed by atoms with Crippen LogP contribution in [0.25, 0.3) is 20.8 Å². The highest BCUT2D eigenvalue weighted by Gasteiger charge is 2.13. The summed E-state index contributed by atoms with van der Waals surface area (Å²) in [7, 11) is 0. The molecule has 0 bridgehead atoms. The van der Waals surface area contributed by atoms with Crippen molar-refractivity contribution in [2.75, 3.05) is 6.54 Å². The van der Waals surface area contributed by atoms with E-state index in [1.54, 1.807) is 34.9 Å². The number of nitrogens with one attached hydrogen (secondary N) is 1. The minimum absolute atomic E-state index is 0.238. The second-order valence-electron chi connectivity index (χ2n) is 5.95. The van der Waals surface area contributed by atoms with Gasteiger partial charge < -0.3 is 5.32 Å². The van der Waals surface area contributed by atoms with Crippen LogP contribution < -0.4 is 5.32 Å². The SMILES string of the molecule is O=C(NCCCc1nc2ccccc2s1)c1csc(-c2ccccc2F)n1. The summed E-state index contributed by atoms with van der Waals surface area (Å²) in [5.74, 6) is -0.576. The standard InChI is InChI=1S/C20H16FN3OS2/c21-14-7-2-1-6-13(14)20-24-16(12-26-20)19(25)22-11-5-10-18-23-15-8-3-4-9-17(15)27-18/h1-4,6-9,12H,5,10-11H2,(H,22,25). The lowest BCUT2D eigenvalue weighted by molar-refractivity contribution is 0.0949. The van der Waals surface area contributed by atoms with Crippen molar-refractivity contribution in [2.45, 2.75) is 12.8 Å². The summed E-state index contributed by atoms with van der Waals surface area (Å²) in [6, 6.07) is 14.5. The molecule has 0 atom stereocenters. The number of para-hydroxylation sites is 1. The first kappa shape index (κ1) is 17.8. The molecular weight excluding hydrogens is 381 g/mol. The molecule has 7 heteroatoms. The van der Waals surface area contributed by atoms with E-state index in [-0.39, 0.29) is 11.7 Å². The highest BCUT2D eigenvalue weighted by atomic mass is 32.1. The first-order valence-corrected chi connectivity index (χ1v) is 10.2. The normalized spacial score (nSPS) is 11.0. The number of aromatic nitrogens is 2. The van der Waals surface area contributed by atoms with Gasteiger partial charge in [-0.15, -0.1) is 22.7 Å². The largest absolute Gasteiger partial charge is 0.351 e. The Bertz CT molecular complexity index is 1060. The number of amides is 1. The van der Waals surface area contributed by atoms with E-state index >= 15 is 0 Å². The average Bonchev–Trinajstić information content (AvgIpc) is 3.32. The lowest BCUT2D eigenvalue weighted by Crippen LogP contribution is -2.25. The van der Waals surface area contributed by atoms with Gasteiger partial charge in [-0.25, -0.2) is 14.4 Å². The fourth-order valence-electron chi connectivity index (χ4n) is 2.70. The number of halogens is 1. The van der Waals surface area contributed by atoms with Gasteiger partial charge >= 0.3 is 0 Å². The zero-order chi connectivity index (χ0) is 18.6. The Morgan fingerprint density at radius 2 is 1.89 bits per heavy atom. The van der Waals surface area contributed by atoms with Gasteiger partial charge in [-0.3, -0.25) is 4.79 Å². The van der Waals surface area contributed by atoms with Gasteiger partial charge in [0.15, 0.2) is 0 Å². The van der Waals surface area contributed by atoms with E-state index in [0.29, 0.717) is 22.8 Å². The van der Waals surface area contributed by atoms with Gasteiger partial charge in [0.25, 0.3) is 5.91 Å². The van der Waals surface area contributed by atoms with Crippen molar-refractivity contribution in [3.63, 3.8) is 0 Å². The second kappa shape index (κ2) is 7.94. The number of rotatable bonds is 6. The molecule has 4 rings (SSSR count). The second-order valence-corrected chi connectivity index (χ2v) is 7.93. The molecule has 0 radical (unpaired) electrons. The predicted molar refractivity (Wildman–Crippen MR) is 108 cm³/mol. The van der Waals surface area contributed by atoms with E-state index in [2.05, 4.69) is 21.4 Å². The maximum atomic E-state index is 13.8. The molecule has 2 aromatic carbocycles. The summed E-state index contributed by atoms with van der Waals surface area (Å²) >= 11 is 2.95. The molecule has 0 fully saturated rings. The highest BCUT2D eigenvalue weighted by molar-refractivity contribution is 7.18. The van der Waals surface area contributed by atoms with Gasteiger partial charge in [-0.2, -0.15) is 0 Å². The molecule has 2 aromatic heterocycles. The fourth-order valence-corrected chi connectivity index (χ4v) is 4.53. The highest BCUT2D eigenvalue weighted by Crippen LogP contribution is 2.26. The topological polar surface area (TPSA) is 54.9 Å². The minimum atomic E-state index is -0.338. The number of carbonyl (C=O) groups is 1. The van der Waals surface area contributed by atoms with Crippen LogP contribution in [-0.4, -0.2) is 22.4 Å². The van der Waals surface area contributed by atoms with E-state index in [4.69, 9.17) is 0 Å². The number of hydrogen-bond donors (Lipinski definition) is 1. The van der Waals surface area contributed by atoms with Crippen LogP contribution in [0.4, 0.5) is 4.39 Å².